The molecule has 0 bridgehead atoms. The fraction of sp³-hybridized carbons (Fsp3) is 0.286. The van der Waals surface area contributed by atoms with Crippen molar-refractivity contribution in [2.45, 2.75) is 11.0 Å². The first-order valence-corrected chi connectivity index (χ1v) is 5.59. The summed E-state index contributed by atoms with van der Waals surface area (Å²) < 4.78 is 1.29. The van der Waals surface area contributed by atoms with Crippen molar-refractivity contribution in [3.8, 4) is 0 Å². The van der Waals surface area contributed by atoms with E-state index in [2.05, 4.69) is 15.1 Å². The van der Waals surface area contributed by atoms with Crippen molar-refractivity contribution < 1.29 is 0 Å². The van der Waals surface area contributed by atoms with Gasteiger partial charge < -0.3 is 0 Å². The Morgan fingerprint density at radius 2 is 2.43 bits per heavy atom. The van der Waals surface area contributed by atoms with Crippen LogP contribution in [-0.4, -0.2) is 25.8 Å². The molecule has 2 aromatic heterocycles. The predicted molar refractivity (Wildman–Crippen MR) is 54.9 cm³/mol. The average Bonchev–Trinajstić information content (AvgIpc) is 2.61. The Morgan fingerprint density at radius 1 is 1.64 bits per heavy atom. The minimum atomic E-state index is -0.196. The second kappa shape index (κ2) is 3.62. The molecule has 7 heteroatoms. The van der Waals surface area contributed by atoms with Crippen LogP contribution in [0.25, 0.3) is 5.78 Å². The van der Waals surface area contributed by atoms with Crippen molar-refractivity contribution in [3.63, 3.8) is 0 Å². The van der Waals surface area contributed by atoms with E-state index < -0.39 is 0 Å². The first-order chi connectivity index (χ1) is 6.74. The Morgan fingerprint density at radius 3 is 3.07 bits per heavy atom. The highest BCUT2D eigenvalue weighted by Crippen LogP contribution is 2.08. The van der Waals surface area contributed by atoms with Crippen LogP contribution >= 0.6 is 23.4 Å². The zero-order valence-electron chi connectivity index (χ0n) is 7.32. The minimum absolute atomic E-state index is 0.196. The molecule has 0 aliphatic rings. The topological polar surface area (TPSA) is 63.1 Å². The Bertz CT molecular complexity index is 520. The largest absolute Gasteiger partial charge is 0.274 e. The third kappa shape index (κ3) is 1.51. The van der Waals surface area contributed by atoms with Crippen LogP contribution in [-0.2, 0) is 5.88 Å². The van der Waals surface area contributed by atoms with E-state index in [9.17, 15) is 4.79 Å². The number of hydrogen-bond acceptors (Lipinski definition) is 4. The zero-order valence-corrected chi connectivity index (χ0v) is 8.89. The molecule has 0 radical (unpaired) electrons. The van der Waals surface area contributed by atoms with E-state index in [4.69, 9.17) is 11.6 Å². The van der Waals surface area contributed by atoms with Gasteiger partial charge in [-0.05, 0) is 6.26 Å². The van der Waals surface area contributed by atoms with Crippen LogP contribution in [0.2, 0.25) is 0 Å². The summed E-state index contributed by atoms with van der Waals surface area (Å²) in [6, 6.07) is 1.39. The van der Waals surface area contributed by atoms with Crippen LogP contribution < -0.4 is 5.56 Å². The van der Waals surface area contributed by atoms with Gasteiger partial charge in [0.05, 0.1) is 11.6 Å². The Kier molecular flexibility index (Phi) is 2.47. The number of aromatic nitrogens is 4. The van der Waals surface area contributed by atoms with E-state index in [-0.39, 0.29) is 11.4 Å². The van der Waals surface area contributed by atoms with Crippen LogP contribution in [0.15, 0.2) is 16.0 Å². The number of aromatic amines is 1. The average molecular weight is 231 g/mol. The van der Waals surface area contributed by atoms with Gasteiger partial charge in [-0.25, -0.2) is 4.98 Å². The predicted octanol–water partition coefficient (Wildman–Crippen LogP) is 0.878. The third-order valence-electron chi connectivity index (χ3n) is 1.69. The summed E-state index contributed by atoms with van der Waals surface area (Å²) in [6.45, 7) is 0. The lowest BCUT2D eigenvalue weighted by molar-refractivity contribution is 0.845. The number of fused-ring (bicyclic) bond motifs is 1. The molecule has 0 saturated carbocycles. The molecule has 0 aliphatic carbocycles. The number of rotatable bonds is 2. The zero-order chi connectivity index (χ0) is 10.1. The number of thioether (sulfide) groups is 1. The summed E-state index contributed by atoms with van der Waals surface area (Å²) in [4.78, 5) is 19.7. The molecule has 5 nitrogen and oxygen atoms in total. The fourth-order valence-electron chi connectivity index (χ4n) is 1.07. The number of alkyl halides is 1. The van der Waals surface area contributed by atoms with Crippen molar-refractivity contribution in [1.29, 1.82) is 0 Å². The summed E-state index contributed by atoms with van der Waals surface area (Å²) in [7, 11) is 0. The van der Waals surface area contributed by atoms with E-state index >= 15 is 0 Å². The van der Waals surface area contributed by atoms with E-state index in [1.165, 1.54) is 22.3 Å². The summed E-state index contributed by atoms with van der Waals surface area (Å²) >= 11 is 7.00. The van der Waals surface area contributed by atoms with E-state index in [0.29, 0.717) is 16.6 Å². The molecule has 0 spiro atoms. The molecule has 0 aliphatic heterocycles. The monoisotopic (exact) mass is 230 g/mol. The van der Waals surface area contributed by atoms with Crippen molar-refractivity contribution in [2.75, 3.05) is 6.26 Å². The first-order valence-electron chi connectivity index (χ1n) is 3.83. The second-order valence-electron chi connectivity index (χ2n) is 2.59. The quantitative estimate of drug-likeness (QED) is 0.615. The molecule has 0 saturated heterocycles. The summed E-state index contributed by atoms with van der Waals surface area (Å²) in [5, 5.41) is 3.47. The van der Waals surface area contributed by atoms with Gasteiger partial charge in [-0.2, -0.15) is 9.50 Å². The van der Waals surface area contributed by atoms with Crippen molar-refractivity contribution in [2.24, 2.45) is 0 Å². The van der Waals surface area contributed by atoms with Gasteiger partial charge in [0.25, 0.3) is 11.3 Å². The van der Waals surface area contributed by atoms with Gasteiger partial charge >= 0.3 is 0 Å². The Hall–Kier alpha value is -1.01. The molecule has 1 N–H and O–H groups in total. The van der Waals surface area contributed by atoms with E-state index in [0.717, 1.165) is 0 Å². The third-order valence-corrected chi connectivity index (χ3v) is 2.54. The van der Waals surface area contributed by atoms with Crippen molar-refractivity contribution in [3.05, 3.63) is 22.1 Å². The normalized spacial score (nSPS) is 11.0. The maximum Gasteiger partial charge on any atom is 0.274 e. The lowest BCUT2D eigenvalue weighted by Gasteiger charge is -1.92. The van der Waals surface area contributed by atoms with Crippen LogP contribution in [0.5, 0.6) is 0 Å². The smallest absolute Gasteiger partial charge is 0.267 e. The van der Waals surface area contributed by atoms with Crippen molar-refractivity contribution in [1.82, 2.24) is 19.6 Å². The maximum absolute atomic E-state index is 11.5. The molecule has 2 rings (SSSR count). The molecule has 14 heavy (non-hydrogen) atoms. The summed E-state index contributed by atoms with van der Waals surface area (Å²) in [5.74, 6) is 0.574. The molecule has 2 heterocycles. The number of nitrogens with zero attached hydrogens (tertiary/aromatic N) is 3. The fourth-order valence-corrected chi connectivity index (χ4v) is 1.56. The van der Waals surface area contributed by atoms with E-state index in [1.807, 2.05) is 6.26 Å². The van der Waals surface area contributed by atoms with Gasteiger partial charge in [0.1, 0.15) is 0 Å². The molecule has 74 valence electrons. The number of H-pyrrole nitrogens is 1. The van der Waals surface area contributed by atoms with Gasteiger partial charge in [0.15, 0.2) is 5.16 Å². The van der Waals surface area contributed by atoms with Crippen LogP contribution in [0.1, 0.15) is 5.69 Å². The highest BCUT2D eigenvalue weighted by molar-refractivity contribution is 7.98. The van der Waals surface area contributed by atoms with Gasteiger partial charge in [0, 0.05) is 6.07 Å². The second-order valence-corrected chi connectivity index (χ2v) is 3.65. The molecule has 2 aromatic rings. The van der Waals surface area contributed by atoms with Crippen LogP contribution in [0.4, 0.5) is 0 Å². The molecule has 0 unspecified atom stereocenters. The molecular formula is C7H7ClN4OS. The Balaban J connectivity index is 2.73. The summed E-state index contributed by atoms with van der Waals surface area (Å²) in [6.07, 6.45) is 1.87. The molecule has 0 atom stereocenters. The first kappa shape index (κ1) is 9.54. The lowest BCUT2D eigenvalue weighted by atomic mass is 10.4. The number of nitrogens with one attached hydrogen (secondary N) is 1. The van der Waals surface area contributed by atoms with Crippen LogP contribution in [0, 0.1) is 0 Å². The highest BCUT2D eigenvalue weighted by atomic mass is 35.5. The Labute approximate surface area is 88.5 Å². The minimum Gasteiger partial charge on any atom is -0.267 e. The molecule has 0 aromatic carbocycles. The van der Waals surface area contributed by atoms with Gasteiger partial charge in [0.2, 0.25) is 0 Å². The maximum atomic E-state index is 11.5. The van der Waals surface area contributed by atoms with Gasteiger partial charge in [-0.1, -0.05) is 11.8 Å². The lowest BCUT2D eigenvalue weighted by Crippen LogP contribution is -2.15. The standard InChI is InChI=1S/C7H7ClN4OS/c1-14-7-10-6-9-4(3-8)2-5(13)12(6)11-7/h2H,3H2,1H3,(H,9,10,11). The highest BCUT2D eigenvalue weighted by Gasteiger charge is 2.06. The molecule has 0 fully saturated rings. The SMILES string of the molecule is CSc1nc2nc(CCl)cc(=O)n2[nH]1. The molecule has 0 amide bonds. The van der Waals surface area contributed by atoms with Crippen LogP contribution in [0.3, 0.4) is 0 Å². The van der Waals surface area contributed by atoms with E-state index in [1.54, 1.807) is 0 Å². The van der Waals surface area contributed by atoms with Crippen molar-refractivity contribution >= 4 is 29.1 Å². The summed E-state index contributed by atoms with van der Waals surface area (Å²) in [5.41, 5.74) is 0.342. The number of halogens is 1. The van der Waals surface area contributed by atoms with Gasteiger partial charge in [-0.15, -0.1) is 11.6 Å². The molecular weight excluding hydrogens is 224 g/mol. The van der Waals surface area contributed by atoms with Gasteiger partial charge in [-0.3, -0.25) is 9.89 Å². The number of hydrogen-bond donors (Lipinski definition) is 1.